The second-order valence-electron chi connectivity index (χ2n) is 4.20. The van der Waals surface area contributed by atoms with Crippen LogP contribution in [-0.4, -0.2) is 59.4 Å². The lowest BCUT2D eigenvalue weighted by molar-refractivity contribution is -0.131. The molecule has 0 saturated carbocycles. The molecule has 0 aliphatic heterocycles. The minimum absolute atomic E-state index is 0.0797. The summed E-state index contributed by atoms with van der Waals surface area (Å²) in [4.78, 5) is 37.3. The standard InChI is InChI=1S/C13H18N2O5/c1-4-15(5-2)11(16)8-14(3)12(17)9-6-7-10(20-9)13(18)19/h6-7H,4-5,8H2,1-3H3,(H,18,19). The van der Waals surface area contributed by atoms with Crippen LogP contribution in [0.2, 0.25) is 0 Å². The Morgan fingerprint density at radius 1 is 1.15 bits per heavy atom. The van der Waals surface area contributed by atoms with E-state index in [1.165, 1.54) is 24.1 Å². The Hall–Kier alpha value is -2.31. The third kappa shape index (κ3) is 3.59. The van der Waals surface area contributed by atoms with Gasteiger partial charge in [0.15, 0.2) is 5.76 Å². The van der Waals surface area contributed by atoms with Crippen LogP contribution in [-0.2, 0) is 4.79 Å². The lowest BCUT2D eigenvalue weighted by atomic mass is 10.3. The van der Waals surface area contributed by atoms with Crippen molar-refractivity contribution >= 4 is 17.8 Å². The van der Waals surface area contributed by atoms with E-state index in [0.717, 1.165) is 0 Å². The van der Waals surface area contributed by atoms with E-state index in [-0.39, 0.29) is 24.0 Å². The molecule has 0 aromatic carbocycles. The van der Waals surface area contributed by atoms with E-state index in [9.17, 15) is 14.4 Å². The van der Waals surface area contributed by atoms with Crippen LogP contribution in [0.15, 0.2) is 16.5 Å². The largest absolute Gasteiger partial charge is 0.475 e. The number of likely N-dealkylation sites (N-methyl/N-ethyl adjacent to an activating group) is 2. The number of hydrogen-bond acceptors (Lipinski definition) is 4. The number of rotatable bonds is 6. The zero-order chi connectivity index (χ0) is 15.3. The van der Waals surface area contributed by atoms with Gasteiger partial charge in [0.25, 0.3) is 5.91 Å². The van der Waals surface area contributed by atoms with Crippen molar-refractivity contribution in [3.63, 3.8) is 0 Å². The highest BCUT2D eigenvalue weighted by atomic mass is 16.4. The molecule has 7 heteroatoms. The monoisotopic (exact) mass is 282 g/mol. The molecule has 20 heavy (non-hydrogen) atoms. The summed E-state index contributed by atoms with van der Waals surface area (Å²) in [5.41, 5.74) is 0. The lowest BCUT2D eigenvalue weighted by Crippen LogP contribution is -2.40. The number of hydrogen-bond donors (Lipinski definition) is 1. The van der Waals surface area contributed by atoms with Crippen LogP contribution in [0.25, 0.3) is 0 Å². The zero-order valence-corrected chi connectivity index (χ0v) is 11.8. The Balaban J connectivity index is 2.71. The molecule has 0 aliphatic carbocycles. The predicted molar refractivity (Wildman–Crippen MR) is 70.6 cm³/mol. The molecule has 0 radical (unpaired) electrons. The van der Waals surface area contributed by atoms with Crippen molar-refractivity contribution < 1.29 is 23.9 Å². The normalized spacial score (nSPS) is 10.2. The number of carbonyl (C=O) groups is 3. The summed E-state index contributed by atoms with van der Waals surface area (Å²) in [5.74, 6) is -2.35. The van der Waals surface area contributed by atoms with Crippen LogP contribution < -0.4 is 0 Å². The number of carbonyl (C=O) groups excluding carboxylic acids is 2. The first-order valence-corrected chi connectivity index (χ1v) is 6.27. The molecule has 1 aromatic heterocycles. The summed E-state index contributed by atoms with van der Waals surface area (Å²) in [5, 5.41) is 8.72. The summed E-state index contributed by atoms with van der Waals surface area (Å²) in [6.07, 6.45) is 0. The molecular formula is C13H18N2O5. The fourth-order valence-electron chi connectivity index (χ4n) is 1.71. The molecule has 1 N–H and O–H groups in total. The molecule has 1 rings (SSSR count). The molecule has 7 nitrogen and oxygen atoms in total. The first kappa shape index (κ1) is 15.7. The maximum atomic E-state index is 12.0. The number of aromatic carboxylic acids is 1. The van der Waals surface area contributed by atoms with Gasteiger partial charge in [0.2, 0.25) is 11.7 Å². The zero-order valence-electron chi connectivity index (χ0n) is 11.8. The van der Waals surface area contributed by atoms with Gasteiger partial charge in [-0.2, -0.15) is 0 Å². The molecule has 1 heterocycles. The van der Waals surface area contributed by atoms with Gasteiger partial charge in [-0.05, 0) is 26.0 Å². The van der Waals surface area contributed by atoms with E-state index < -0.39 is 11.9 Å². The van der Waals surface area contributed by atoms with Gasteiger partial charge in [-0.1, -0.05) is 0 Å². The van der Waals surface area contributed by atoms with Crippen molar-refractivity contribution in [1.29, 1.82) is 0 Å². The van der Waals surface area contributed by atoms with E-state index in [1.54, 1.807) is 4.90 Å². The number of carboxylic acids is 1. The smallest absolute Gasteiger partial charge is 0.371 e. The summed E-state index contributed by atoms with van der Waals surface area (Å²) in [6, 6.07) is 2.49. The Morgan fingerprint density at radius 3 is 2.15 bits per heavy atom. The third-order valence-corrected chi connectivity index (χ3v) is 2.86. The highest BCUT2D eigenvalue weighted by Crippen LogP contribution is 2.10. The van der Waals surface area contributed by atoms with Crippen molar-refractivity contribution in [2.24, 2.45) is 0 Å². The summed E-state index contributed by atoms with van der Waals surface area (Å²) >= 11 is 0. The van der Waals surface area contributed by atoms with Crippen molar-refractivity contribution in [3.8, 4) is 0 Å². The average Bonchev–Trinajstić information content (AvgIpc) is 2.88. The molecule has 0 saturated heterocycles. The van der Waals surface area contributed by atoms with Crippen molar-refractivity contribution in [2.45, 2.75) is 13.8 Å². The maximum Gasteiger partial charge on any atom is 0.371 e. The van der Waals surface area contributed by atoms with Gasteiger partial charge in [-0.15, -0.1) is 0 Å². The van der Waals surface area contributed by atoms with Gasteiger partial charge in [0.1, 0.15) is 0 Å². The first-order valence-electron chi connectivity index (χ1n) is 6.27. The lowest BCUT2D eigenvalue weighted by Gasteiger charge is -2.22. The fourth-order valence-corrected chi connectivity index (χ4v) is 1.71. The molecule has 2 amide bonds. The second kappa shape index (κ2) is 6.74. The Labute approximate surface area is 116 Å². The SMILES string of the molecule is CCN(CC)C(=O)CN(C)C(=O)c1ccc(C(=O)O)o1. The van der Waals surface area contributed by atoms with Crippen molar-refractivity contribution in [2.75, 3.05) is 26.7 Å². The van der Waals surface area contributed by atoms with E-state index in [1.807, 2.05) is 13.8 Å². The molecule has 0 unspecified atom stereocenters. The third-order valence-electron chi connectivity index (χ3n) is 2.86. The van der Waals surface area contributed by atoms with Gasteiger partial charge < -0.3 is 19.3 Å². The predicted octanol–water partition coefficient (Wildman–Crippen LogP) is 0.918. The molecule has 110 valence electrons. The molecular weight excluding hydrogens is 264 g/mol. The van der Waals surface area contributed by atoms with Crippen LogP contribution in [0.4, 0.5) is 0 Å². The minimum atomic E-state index is -1.24. The summed E-state index contributed by atoms with van der Waals surface area (Å²) in [7, 11) is 1.46. The van der Waals surface area contributed by atoms with Crippen LogP contribution in [0, 0.1) is 0 Å². The maximum absolute atomic E-state index is 12.0. The summed E-state index contributed by atoms with van der Waals surface area (Å²) < 4.78 is 4.91. The quantitative estimate of drug-likeness (QED) is 0.837. The number of nitrogens with zero attached hydrogens (tertiary/aromatic N) is 2. The van der Waals surface area contributed by atoms with Crippen molar-refractivity contribution in [3.05, 3.63) is 23.7 Å². The molecule has 1 aromatic rings. The molecule has 0 spiro atoms. The number of amides is 2. The van der Waals surface area contributed by atoms with Gasteiger partial charge in [0, 0.05) is 20.1 Å². The summed E-state index contributed by atoms with van der Waals surface area (Å²) in [6.45, 7) is 4.77. The van der Waals surface area contributed by atoms with Gasteiger partial charge in [-0.25, -0.2) is 4.79 Å². The Kier molecular flexibility index (Phi) is 5.31. The minimum Gasteiger partial charge on any atom is -0.475 e. The van der Waals surface area contributed by atoms with Crippen LogP contribution in [0.5, 0.6) is 0 Å². The highest BCUT2D eigenvalue weighted by molar-refractivity contribution is 5.95. The van der Waals surface area contributed by atoms with E-state index >= 15 is 0 Å². The molecule has 0 bridgehead atoms. The van der Waals surface area contributed by atoms with Gasteiger partial charge in [0.05, 0.1) is 6.54 Å². The first-order chi connectivity index (χ1) is 9.40. The molecule has 0 aliphatic rings. The Bertz CT molecular complexity index is 505. The number of furan rings is 1. The number of carboxylic acid groups (broad SMARTS) is 1. The second-order valence-corrected chi connectivity index (χ2v) is 4.20. The van der Waals surface area contributed by atoms with Crippen LogP contribution in [0.3, 0.4) is 0 Å². The van der Waals surface area contributed by atoms with Gasteiger partial charge in [-0.3, -0.25) is 9.59 Å². The van der Waals surface area contributed by atoms with Crippen LogP contribution >= 0.6 is 0 Å². The highest BCUT2D eigenvalue weighted by Gasteiger charge is 2.21. The molecule has 0 fully saturated rings. The van der Waals surface area contributed by atoms with Gasteiger partial charge >= 0.3 is 5.97 Å². The molecule has 0 atom stereocenters. The van der Waals surface area contributed by atoms with E-state index in [0.29, 0.717) is 13.1 Å². The van der Waals surface area contributed by atoms with Crippen LogP contribution in [0.1, 0.15) is 35.0 Å². The van der Waals surface area contributed by atoms with E-state index in [4.69, 9.17) is 9.52 Å². The Morgan fingerprint density at radius 2 is 1.70 bits per heavy atom. The van der Waals surface area contributed by atoms with E-state index in [2.05, 4.69) is 0 Å². The fraction of sp³-hybridized carbons (Fsp3) is 0.462. The topological polar surface area (TPSA) is 91.1 Å². The average molecular weight is 282 g/mol. The van der Waals surface area contributed by atoms with Crippen molar-refractivity contribution in [1.82, 2.24) is 9.80 Å².